The number of rotatable bonds is 6. The van der Waals surface area contributed by atoms with Crippen molar-refractivity contribution in [3.63, 3.8) is 0 Å². The molecule has 168 valence electrons. The molecule has 1 aliphatic heterocycles. The highest BCUT2D eigenvalue weighted by Gasteiger charge is 2.46. The van der Waals surface area contributed by atoms with E-state index in [0.717, 1.165) is 16.7 Å². The molecule has 0 radical (unpaired) electrons. The van der Waals surface area contributed by atoms with E-state index in [1.54, 1.807) is 49.8 Å². The van der Waals surface area contributed by atoms with Crippen LogP contribution in [0.1, 0.15) is 48.1 Å². The number of pyridine rings is 1. The number of amides is 1. The van der Waals surface area contributed by atoms with Crippen LogP contribution < -0.4 is 4.74 Å². The lowest BCUT2D eigenvalue weighted by atomic mass is 9.93. The molecule has 33 heavy (non-hydrogen) atoms. The maximum atomic E-state index is 13.2. The van der Waals surface area contributed by atoms with Crippen molar-refractivity contribution in [2.24, 2.45) is 0 Å². The van der Waals surface area contributed by atoms with Gasteiger partial charge in [-0.15, -0.1) is 0 Å². The molecule has 1 N–H and O–H groups in total. The molecule has 2 heterocycles. The smallest absolute Gasteiger partial charge is 0.295 e. The van der Waals surface area contributed by atoms with Crippen molar-refractivity contribution < 1.29 is 19.4 Å². The summed E-state index contributed by atoms with van der Waals surface area (Å²) in [7, 11) is 1.56. The Morgan fingerprint density at radius 2 is 1.76 bits per heavy atom. The molecule has 0 spiro atoms. The summed E-state index contributed by atoms with van der Waals surface area (Å²) in [4.78, 5) is 31.9. The molecular formula is C27H26N2O4. The number of carbonyl (C=O) groups excluding carboxylic acids is 2. The fraction of sp³-hybridized carbons (Fsp3) is 0.222. The molecule has 6 heteroatoms. The predicted octanol–water partition coefficient (Wildman–Crippen LogP) is 4.84. The van der Waals surface area contributed by atoms with Gasteiger partial charge in [0.05, 0.1) is 18.7 Å². The fourth-order valence-corrected chi connectivity index (χ4v) is 4.05. The first-order valence-electron chi connectivity index (χ1n) is 10.8. The topological polar surface area (TPSA) is 79.7 Å². The summed E-state index contributed by atoms with van der Waals surface area (Å²) >= 11 is 0. The fourth-order valence-electron chi connectivity index (χ4n) is 4.05. The molecule has 1 aliphatic rings. The average Bonchev–Trinajstić information content (AvgIpc) is 3.09. The zero-order valence-corrected chi connectivity index (χ0v) is 18.9. The molecule has 1 amide bonds. The highest BCUT2D eigenvalue weighted by Crippen LogP contribution is 2.40. The van der Waals surface area contributed by atoms with Crippen molar-refractivity contribution in [1.29, 1.82) is 0 Å². The molecule has 3 aromatic rings. The number of hydrogen-bond acceptors (Lipinski definition) is 5. The van der Waals surface area contributed by atoms with Gasteiger partial charge in [-0.1, -0.05) is 44.2 Å². The van der Waals surface area contributed by atoms with E-state index in [0.29, 0.717) is 17.2 Å². The van der Waals surface area contributed by atoms with Crippen LogP contribution in [0.25, 0.3) is 5.76 Å². The summed E-state index contributed by atoms with van der Waals surface area (Å²) in [6.45, 7) is 4.41. The minimum absolute atomic E-state index is 0.0753. The van der Waals surface area contributed by atoms with Gasteiger partial charge in [0.1, 0.15) is 11.5 Å². The monoisotopic (exact) mass is 442 g/mol. The second-order valence-electron chi connectivity index (χ2n) is 8.34. The van der Waals surface area contributed by atoms with Gasteiger partial charge in [-0.2, -0.15) is 0 Å². The molecule has 1 aromatic heterocycles. The van der Waals surface area contributed by atoms with Crippen LogP contribution in [-0.4, -0.2) is 33.8 Å². The summed E-state index contributed by atoms with van der Waals surface area (Å²) < 4.78 is 5.18. The highest BCUT2D eigenvalue weighted by molar-refractivity contribution is 6.46. The molecule has 4 rings (SSSR count). The lowest BCUT2D eigenvalue weighted by Crippen LogP contribution is -2.29. The van der Waals surface area contributed by atoms with Crippen molar-refractivity contribution in [3.05, 3.63) is 101 Å². The third-order valence-corrected chi connectivity index (χ3v) is 5.90. The predicted molar refractivity (Wildman–Crippen MR) is 126 cm³/mol. The molecule has 2 aromatic carbocycles. The third kappa shape index (κ3) is 4.37. The Balaban J connectivity index is 1.83. The van der Waals surface area contributed by atoms with Gasteiger partial charge in [0, 0.05) is 24.5 Å². The number of ketones is 1. The highest BCUT2D eigenvalue weighted by atomic mass is 16.5. The minimum atomic E-state index is -0.714. The van der Waals surface area contributed by atoms with Gasteiger partial charge in [-0.05, 0) is 52.9 Å². The lowest BCUT2D eigenvalue weighted by molar-refractivity contribution is -0.140. The lowest BCUT2D eigenvalue weighted by Gasteiger charge is -2.25. The zero-order valence-electron chi connectivity index (χ0n) is 18.9. The third-order valence-electron chi connectivity index (χ3n) is 5.90. The number of methoxy groups -OCH3 is 1. The van der Waals surface area contributed by atoms with Gasteiger partial charge in [0.15, 0.2) is 0 Å². The number of hydrogen-bond donors (Lipinski definition) is 1. The van der Waals surface area contributed by atoms with Crippen molar-refractivity contribution >= 4 is 17.4 Å². The van der Waals surface area contributed by atoms with Crippen LogP contribution in [0.5, 0.6) is 5.75 Å². The van der Waals surface area contributed by atoms with E-state index >= 15 is 0 Å². The summed E-state index contributed by atoms with van der Waals surface area (Å²) in [5.41, 5.74) is 3.23. The molecule has 0 bridgehead atoms. The van der Waals surface area contributed by atoms with Crippen LogP contribution in [0.15, 0.2) is 78.6 Å². The van der Waals surface area contributed by atoms with E-state index in [-0.39, 0.29) is 17.9 Å². The Kier molecular flexibility index (Phi) is 6.27. The number of carbonyl (C=O) groups is 2. The Morgan fingerprint density at radius 1 is 1.06 bits per heavy atom. The van der Waals surface area contributed by atoms with Crippen LogP contribution in [0.2, 0.25) is 0 Å². The summed E-state index contributed by atoms with van der Waals surface area (Å²) in [5.74, 6) is -0.580. The summed E-state index contributed by atoms with van der Waals surface area (Å²) in [6.07, 6.45) is 3.32. The number of aliphatic hydroxyl groups is 1. The molecule has 0 aliphatic carbocycles. The van der Waals surface area contributed by atoms with Gasteiger partial charge in [0.25, 0.3) is 11.7 Å². The second kappa shape index (κ2) is 9.28. The van der Waals surface area contributed by atoms with E-state index in [9.17, 15) is 14.7 Å². The van der Waals surface area contributed by atoms with Gasteiger partial charge in [0.2, 0.25) is 0 Å². The average molecular weight is 443 g/mol. The van der Waals surface area contributed by atoms with Gasteiger partial charge < -0.3 is 14.7 Å². The van der Waals surface area contributed by atoms with Gasteiger partial charge >= 0.3 is 0 Å². The van der Waals surface area contributed by atoms with Crippen LogP contribution in [0.3, 0.4) is 0 Å². The summed E-state index contributed by atoms with van der Waals surface area (Å²) in [5, 5.41) is 11.2. The Morgan fingerprint density at radius 3 is 2.33 bits per heavy atom. The molecule has 1 atom stereocenters. The molecule has 0 unspecified atom stereocenters. The number of likely N-dealkylation sites (tertiary alicyclic amines) is 1. The van der Waals surface area contributed by atoms with Crippen LogP contribution >= 0.6 is 0 Å². The standard InChI is InChI=1S/C27H26N2O4/c1-17(2)19-6-8-20(9-7-19)24-23(25(30)21-10-12-22(33-3)13-11-21)26(31)27(32)29(24)16-18-5-4-14-28-15-18/h4-15,17,24,30H,16H2,1-3H3/t24-/m1/s1. The molecule has 1 saturated heterocycles. The number of aromatic nitrogens is 1. The van der Waals surface area contributed by atoms with Crippen molar-refractivity contribution in [2.45, 2.75) is 32.4 Å². The first kappa shape index (κ1) is 22.3. The molecular weight excluding hydrogens is 416 g/mol. The Hall–Kier alpha value is -3.93. The number of ether oxygens (including phenoxy) is 1. The van der Waals surface area contributed by atoms with E-state index in [1.807, 2.05) is 30.3 Å². The number of nitrogens with zero attached hydrogens (tertiary/aromatic N) is 2. The molecule has 0 saturated carbocycles. The van der Waals surface area contributed by atoms with Crippen molar-refractivity contribution in [2.75, 3.05) is 7.11 Å². The second-order valence-corrected chi connectivity index (χ2v) is 8.34. The van der Waals surface area contributed by atoms with Crippen LogP contribution in [-0.2, 0) is 16.1 Å². The van der Waals surface area contributed by atoms with Gasteiger partial charge in [-0.3, -0.25) is 14.6 Å². The molecule has 1 fully saturated rings. The summed E-state index contributed by atoms with van der Waals surface area (Å²) in [6, 6.07) is 17.5. The van der Waals surface area contributed by atoms with Crippen molar-refractivity contribution in [1.82, 2.24) is 9.88 Å². The maximum Gasteiger partial charge on any atom is 0.295 e. The van der Waals surface area contributed by atoms with E-state index < -0.39 is 17.7 Å². The SMILES string of the molecule is COc1ccc(C(O)=C2C(=O)C(=O)N(Cc3cccnc3)[C@@H]2c2ccc(C(C)C)cc2)cc1. The normalized spacial score (nSPS) is 17.6. The van der Waals surface area contributed by atoms with Crippen molar-refractivity contribution in [3.8, 4) is 5.75 Å². The quantitative estimate of drug-likeness (QED) is 0.336. The first-order valence-corrected chi connectivity index (χ1v) is 10.8. The van der Waals surface area contributed by atoms with Crippen LogP contribution in [0.4, 0.5) is 0 Å². The minimum Gasteiger partial charge on any atom is -0.507 e. The number of Topliss-reactive ketones (excluding diaryl/α,β-unsaturated/α-hetero) is 1. The maximum absolute atomic E-state index is 13.2. The van der Waals surface area contributed by atoms with E-state index in [1.165, 1.54) is 4.90 Å². The first-order chi connectivity index (χ1) is 15.9. The van der Waals surface area contributed by atoms with E-state index in [2.05, 4.69) is 18.8 Å². The number of benzene rings is 2. The Bertz CT molecular complexity index is 1180. The van der Waals surface area contributed by atoms with E-state index in [4.69, 9.17) is 4.74 Å². The molecule has 6 nitrogen and oxygen atoms in total. The largest absolute Gasteiger partial charge is 0.507 e. The van der Waals surface area contributed by atoms with Crippen LogP contribution in [0, 0.1) is 0 Å². The Labute approximate surface area is 193 Å². The zero-order chi connectivity index (χ0) is 23.5. The van der Waals surface area contributed by atoms with Gasteiger partial charge in [-0.25, -0.2) is 0 Å². The number of aliphatic hydroxyl groups excluding tert-OH is 1.